The number of methoxy groups -OCH3 is 1. The van der Waals surface area contributed by atoms with E-state index in [0.717, 1.165) is 17.0 Å². The van der Waals surface area contributed by atoms with Gasteiger partial charge in [0.25, 0.3) is 0 Å². The van der Waals surface area contributed by atoms with Crippen LogP contribution >= 0.6 is 0 Å². The van der Waals surface area contributed by atoms with Crippen LogP contribution in [0.1, 0.15) is 39.3 Å². The summed E-state index contributed by atoms with van der Waals surface area (Å²) >= 11 is 0. The molecule has 5 nitrogen and oxygen atoms in total. The Morgan fingerprint density at radius 2 is 1.91 bits per heavy atom. The second-order valence-corrected chi connectivity index (χ2v) is 6.36. The third kappa shape index (κ3) is 3.67. The van der Waals surface area contributed by atoms with Crippen LogP contribution in [0.4, 0.5) is 0 Å². The molecule has 0 saturated carbocycles. The van der Waals surface area contributed by atoms with Crippen molar-refractivity contribution in [3.8, 4) is 11.4 Å². The number of amides is 1. The summed E-state index contributed by atoms with van der Waals surface area (Å²) in [5, 5.41) is 7.36. The number of ether oxygens (including phenoxy) is 1. The second kappa shape index (κ2) is 6.22. The van der Waals surface area contributed by atoms with Crippen LogP contribution in [0.3, 0.4) is 0 Å². The Bertz CT molecular complexity index is 639. The van der Waals surface area contributed by atoms with Gasteiger partial charge in [-0.25, -0.2) is 4.68 Å². The van der Waals surface area contributed by atoms with Crippen LogP contribution in [0.15, 0.2) is 36.7 Å². The van der Waals surface area contributed by atoms with Gasteiger partial charge in [-0.3, -0.25) is 4.79 Å². The zero-order chi connectivity index (χ0) is 16.3. The van der Waals surface area contributed by atoms with Gasteiger partial charge in [0.2, 0.25) is 5.91 Å². The van der Waals surface area contributed by atoms with Gasteiger partial charge in [-0.2, -0.15) is 5.10 Å². The van der Waals surface area contributed by atoms with E-state index in [2.05, 4.69) is 10.4 Å². The fourth-order valence-corrected chi connectivity index (χ4v) is 1.93. The normalized spacial score (nSPS) is 12.8. The van der Waals surface area contributed by atoms with E-state index in [4.69, 9.17) is 4.74 Å². The van der Waals surface area contributed by atoms with Gasteiger partial charge in [-0.1, -0.05) is 20.8 Å². The summed E-state index contributed by atoms with van der Waals surface area (Å²) in [6.45, 7) is 7.65. The average Bonchev–Trinajstić information content (AvgIpc) is 2.96. The quantitative estimate of drug-likeness (QED) is 0.944. The molecule has 0 spiro atoms. The van der Waals surface area contributed by atoms with Crippen molar-refractivity contribution < 1.29 is 9.53 Å². The van der Waals surface area contributed by atoms with Gasteiger partial charge in [0, 0.05) is 17.2 Å². The first-order valence-electron chi connectivity index (χ1n) is 7.31. The summed E-state index contributed by atoms with van der Waals surface area (Å²) in [7, 11) is 1.64. The Kier molecular flexibility index (Phi) is 4.54. The molecule has 0 saturated heterocycles. The van der Waals surface area contributed by atoms with E-state index in [9.17, 15) is 4.79 Å². The fourth-order valence-electron chi connectivity index (χ4n) is 1.93. The molecule has 0 aliphatic carbocycles. The molecule has 1 aromatic carbocycles. The van der Waals surface area contributed by atoms with Crippen LogP contribution in [0, 0.1) is 5.41 Å². The van der Waals surface area contributed by atoms with Crippen molar-refractivity contribution in [2.24, 2.45) is 5.41 Å². The molecule has 1 atom stereocenters. The van der Waals surface area contributed by atoms with Crippen molar-refractivity contribution in [3.05, 3.63) is 42.2 Å². The van der Waals surface area contributed by atoms with Crippen LogP contribution in [0.25, 0.3) is 5.69 Å². The van der Waals surface area contributed by atoms with E-state index in [1.165, 1.54) is 0 Å². The summed E-state index contributed by atoms with van der Waals surface area (Å²) in [5.41, 5.74) is 1.51. The smallest absolute Gasteiger partial charge is 0.225 e. The molecule has 0 unspecified atom stereocenters. The predicted molar refractivity (Wildman–Crippen MR) is 86.1 cm³/mol. The number of benzene rings is 1. The number of carbonyl (C=O) groups excluding carboxylic acids is 1. The second-order valence-electron chi connectivity index (χ2n) is 6.36. The van der Waals surface area contributed by atoms with E-state index in [1.807, 2.05) is 58.2 Å². The number of carbonyl (C=O) groups is 1. The molecule has 1 aromatic heterocycles. The maximum absolute atomic E-state index is 12.0. The summed E-state index contributed by atoms with van der Waals surface area (Å²) in [5.74, 6) is 0.833. The van der Waals surface area contributed by atoms with Crippen molar-refractivity contribution >= 4 is 5.91 Å². The van der Waals surface area contributed by atoms with Gasteiger partial charge in [0.1, 0.15) is 5.75 Å². The minimum absolute atomic E-state index is 0.0252. The van der Waals surface area contributed by atoms with Crippen LogP contribution in [0.5, 0.6) is 5.75 Å². The van der Waals surface area contributed by atoms with Crippen LogP contribution < -0.4 is 10.1 Å². The number of nitrogens with one attached hydrogen (secondary N) is 1. The van der Waals surface area contributed by atoms with Gasteiger partial charge in [0.15, 0.2) is 0 Å². The lowest BCUT2D eigenvalue weighted by molar-refractivity contribution is -0.129. The zero-order valence-corrected chi connectivity index (χ0v) is 13.8. The van der Waals surface area contributed by atoms with Crippen molar-refractivity contribution in [1.82, 2.24) is 15.1 Å². The number of rotatable bonds is 4. The zero-order valence-electron chi connectivity index (χ0n) is 13.8. The molecule has 1 heterocycles. The molecule has 2 rings (SSSR count). The van der Waals surface area contributed by atoms with Crippen molar-refractivity contribution in [1.29, 1.82) is 0 Å². The van der Waals surface area contributed by atoms with Crippen molar-refractivity contribution in [2.75, 3.05) is 7.11 Å². The Labute approximate surface area is 131 Å². The molecule has 2 aromatic rings. The maximum atomic E-state index is 12.0. The lowest BCUT2D eigenvalue weighted by atomic mass is 9.95. The van der Waals surface area contributed by atoms with Gasteiger partial charge in [-0.05, 0) is 31.2 Å². The molecule has 0 radical (unpaired) electrons. The monoisotopic (exact) mass is 301 g/mol. The summed E-state index contributed by atoms with van der Waals surface area (Å²) in [4.78, 5) is 12.0. The lowest BCUT2D eigenvalue weighted by Crippen LogP contribution is -2.36. The van der Waals surface area contributed by atoms with Crippen molar-refractivity contribution in [2.45, 2.75) is 33.7 Å². The first kappa shape index (κ1) is 16.1. The van der Waals surface area contributed by atoms with Crippen LogP contribution in [0.2, 0.25) is 0 Å². The topological polar surface area (TPSA) is 56.1 Å². The van der Waals surface area contributed by atoms with E-state index in [0.29, 0.717) is 0 Å². The Morgan fingerprint density at radius 1 is 1.27 bits per heavy atom. The highest BCUT2D eigenvalue weighted by atomic mass is 16.5. The minimum atomic E-state index is -0.403. The van der Waals surface area contributed by atoms with Crippen LogP contribution in [-0.4, -0.2) is 22.8 Å². The van der Waals surface area contributed by atoms with E-state index in [1.54, 1.807) is 18.0 Å². The largest absolute Gasteiger partial charge is 0.497 e. The average molecular weight is 301 g/mol. The molecule has 22 heavy (non-hydrogen) atoms. The molecule has 0 aliphatic heterocycles. The predicted octanol–water partition coefficient (Wildman–Crippen LogP) is 3.10. The third-order valence-electron chi connectivity index (χ3n) is 3.47. The number of nitrogens with zero attached hydrogens (tertiary/aromatic N) is 2. The highest BCUT2D eigenvalue weighted by molar-refractivity contribution is 5.81. The van der Waals surface area contributed by atoms with Gasteiger partial charge < -0.3 is 10.1 Å². The summed E-state index contributed by atoms with van der Waals surface area (Å²) < 4.78 is 6.93. The van der Waals surface area contributed by atoms with Gasteiger partial charge >= 0.3 is 0 Å². The number of hydrogen-bond donors (Lipinski definition) is 1. The summed E-state index contributed by atoms with van der Waals surface area (Å²) in [6.07, 6.45) is 3.70. The first-order valence-corrected chi connectivity index (χ1v) is 7.31. The Morgan fingerprint density at radius 3 is 2.45 bits per heavy atom. The maximum Gasteiger partial charge on any atom is 0.225 e. The molecular formula is C17H23N3O2. The third-order valence-corrected chi connectivity index (χ3v) is 3.47. The molecule has 5 heteroatoms. The Hall–Kier alpha value is -2.30. The molecule has 1 amide bonds. The van der Waals surface area contributed by atoms with E-state index >= 15 is 0 Å². The van der Waals surface area contributed by atoms with Gasteiger partial charge in [0.05, 0.1) is 25.0 Å². The van der Waals surface area contributed by atoms with E-state index < -0.39 is 5.41 Å². The molecule has 0 fully saturated rings. The SMILES string of the molecule is COc1ccc(-n2cc([C@@H](C)NC(=O)C(C)(C)C)cn2)cc1. The fraction of sp³-hybridized carbons (Fsp3) is 0.412. The lowest BCUT2D eigenvalue weighted by Gasteiger charge is -2.21. The molecule has 0 bridgehead atoms. The summed E-state index contributed by atoms with van der Waals surface area (Å²) in [6, 6.07) is 7.57. The molecule has 1 N–H and O–H groups in total. The Balaban J connectivity index is 2.11. The van der Waals surface area contributed by atoms with Crippen LogP contribution in [-0.2, 0) is 4.79 Å². The van der Waals surface area contributed by atoms with Crippen molar-refractivity contribution in [3.63, 3.8) is 0 Å². The number of hydrogen-bond acceptors (Lipinski definition) is 3. The highest BCUT2D eigenvalue weighted by Crippen LogP contribution is 2.19. The molecule has 118 valence electrons. The van der Waals surface area contributed by atoms with E-state index in [-0.39, 0.29) is 11.9 Å². The first-order chi connectivity index (χ1) is 10.3. The molecule has 0 aliphatic rings. The minimum Gasteiger partial charge on any atom is -0.497 e. The highest BCUT2D eigenvalue weighted by Gasteiger charge is 2.23. The number of aromatic nitrogens is 2. The standard InChI is InChI=1S/C17H23N3O2/c1-12(19-16(21)17(2,3)4)13-10-18-20(11-13)14-6-8-15(22-5)9-7-14/h6-12H,1-5H3,(H,19,21)/t12-/m1/s1. The molecular weight excluding hydrogens is 278 g/mol. The van der Waals surface area contributed by atoms with Gasteiger partial charge in [-0.15, -0.1) is 0 Å².